The minimum Gasteiger partial charge on any atom is -0.459 e. The van der Waals surface area contributed by atoms with Crippen LogP contribution in [0.15, 0.2) is 78.9 Å². The Morgan fingerprint density at radius 2 is 1.48 bits per heavy atom. The molecule has 2 aliphatic heterocycles. The molecule has 5 unspecified atom stereocenters. The van der Waals surface area contributed by atoms with Crippen molar-refractivity contribution in [2.75, 3.05) is 13.1 Å². The van der Waals surface area contributed by atoms with Gasteiger partial charge in [-0.1, -0.05) is 85.8 Å². The lowest BCUT2D eigenvalue weighted by Gasteiger charge is -2.43. The van der Waals surface area contributed by atoms with Crippen LogP contribution in [-0.2, 0) is 38.7 Å². The van der Waals surface area contributed by atoms with Gasteiger partial charge in [-0.25, -0.2) is 4.79 Å². The zero-order valence-corrected chi connectivity index (χ0v) is 27.3. The molecule has 246 valence electrons. The van der Waals surface area contributed by atoms with Crippen molar-refractivity contribution in [1.29, 1.82) is 0 Å². The topological polar surface area (TPSA) is 109 Å². The van der Waals surface area contributed by atoms with Crippen LogP contribution in [0.1, 0.15) is 80.7 Å². The molecular formula is C37H47N3O6. The molecule has 0 aliphatic carbocycles. The number of likely N-dealkylation sites (tertiary alicyclic amines) is 1. The van der Waals surface area contributed by atoms with Gasteiger partial charge in [-0.2, -0.15) is 0 Å². The van der Waals surface area contributed by atoms with Crippen LogP contribution in [0, 0.1) is 5.92 Å². The zero-order valence-electron chi connectivity index (χ0n) is 27.3. The highest BCUT2D eigenvalue weighted by Gasteiger charge is 2.42. The van der Waals surface area contributed by atoms with Gasteiger partial charge < -0.3 is 30.0 Å². The Bertz CT molecular complexity index is 1420. The molecule has 3 N–H and O–H groups in total. The van der Waals surface area contributed by atoms with E-state index >= 15 is 0 Å². The van der Waals surface area contributed by atoms with Gasteiger partial charge in [-0.15, -0.1) is 0 Å². The summed E-state index contributed by atoms with van der Waals surface area (Å²) in [6, 6.07) is 25.0. The Balaban J connectivity index is 1.27. The number of rotatable bonds is 10. The molecule has 3 aromatic carbocycles. The molecule has 2 amide bonds. The molecule has 9 heteroatoms. The Morgan fingerprint density at radius 3 is 2.11 bits per heavy atom. The minimum absolute atomic E-state index is 0.00557. The summed E-state index contributed by atoms with van der Waals surface area (Å²) in [7, 11) is 0. The van der Waals surface area contributed by atoms with E-state index in [4.69, 9.17) is 14.2 Å². The van der Waals surface area contributed by atoms with Crippen molar-refractivity contribution in [3.8, 4) is 0 Å². The number of hydrogen-bond acceptors (Lipinski definition) is 7. The molecule has 3 aromatic rings. The molecule has 2 fully saturated rings. The van der Waals surface area contributed by atoms with Crippen LogP contribution < -0.4 is 10.6 Å². The maximum Gasteiger partial charge on any atom is 0.323 e. The molecular weight excluding hydrogens is 582 g/mol. The molecule has 0 radical (unpaired) electrons. The lowest BCUT2D eigenvalue weighted by molar-refractivity contribution is -0.276. The third-order valence-electron chi connectivity index (χ3n) is 8.58. The van der Waals surface area contributed by atoms with E-state index in [0.717, 1.165) is 47.2 Å². The maximum atomic E-state index is 13.1. The average molecular weight is 630 g/mol. The van der Waals surface area contributed by atoms with E-state index in [1.165, 1.54) is 0 Å². The molecule has 2 saturated heterocycles. The number of aliphatic hydroxyl groups is 1. The quantitative estimate of drug-likeness (QED) is 0.244. The summed E-state index contributed by atoms with van der Waals surface area (Å²) in [4.78, 5) is 27.6. The zero-order chi connectivity index (χ0) is 32.7. The van der Waals surface area contributed by atoms with Crippen molar-refractivity contribution in [2.24, 2.45) is 5.92 Å². The molecule has 0 bridgehead atoms. The number of carbonyl (C=O) groups is 2. The monoisotopic (exact) mass is 629 g/mol. The highest BCUT2D eigenvalue weighted by Crippen LogP contribution is 2.42. The van der Waals surface area contributed by atoms with Gasteiger partial charge in [0.15, 0.2) is 6.29 Å². The smallest absolute Gasteiger partial charge is 0.323 e. The van der Waals surface area contributed by atoms with Gasteiger partial charge in [0, 0.05) is 31.1 Å². The molecule has 2 heterocycles. The molecule has 0 spiro atoms. The number of ether oxygens (including phenoxy) is 3. The van der Waals surface area contributed by atoms with Crippen LogP contribution in [0.4, 0.5) is 4.79 Å². The fourth-order valence-electron chi connectivity index (χ4n) is 6.06. The Morgan fingerprint density at radius 1 is 0.870 bits per heavy atom. The van der Waals surface area contributed by atoms with Crippen LogP contribution in [0.25, 0.3) is 0 Å². The third kappa shape index (κ3) is 8.94. The van der Waals surface area contributed by atoms with Crippen molar-refractivity contribution in [3.05, 3.63) is 107 Å². The highest BCUT2D eigenvalue weighted by molar-refractivity contribution is 5.76. The van der Waals surface area contributed by atoms with E-state index in [0.29, 0.717) is 19.6 Å². The number of amides is 2. The van der Waals surface area contributed by atoms with Crippen LogP contribution in [0.2, 0.25) is 0 Å². The van der Waals surface area contributed by atoms with E-state index in [1.54, 1.807) is 0 Å². The van der Waals surface area contributed by atoms with Gasteiger partial charge in [0.1, 0.15) is 11.6 Å². The summed E-state index contributed by atoms with van der Waals surface area (Å²) < 4.78 is 19.0. The molecule has 46 heavy (non-hydrogen) atoms. The van der Waals surface area contributed by atoms with Crippen LogP contribution in [-0.4, -0.2) is 52.8 Å². The molecule has 0 saturated carbocycles. The Kier molecular flexibility index (Phi) is 11.1. The van der Waals surface area contributed by atoms with E-state index in [1.807, 2.05) is 99.6 Å². The van der Waals surface area contributed by atoms with Gasteiger partial charge in [-0.3, -0.25) is 9.69 Å². The van der Waals surface area contributed by atoms with Gasteiger partial charge >= 0.3 is 12.0 Å². The standard InChI is InChI=1S/C37H47N3O6/c1-25-32(23-40-20-8-11-31(40)34(42)46-37(2,3)4)44-35(45-33(25)29-16-14-28(24-41)15-17-29)30-18-12-27(13-19-30)22-39-36(43)38-21-26-9-6-5-7-10-26/h5-7,9-10,12-19,25,31-33,35,41H,8,11,20-24H2,1-4H3,(H2,38,39,43). The van der Waals surface area contributed by atoms with Gasteiger partial charge in [0.05, 0.1) is 18.8 Å². The number of esters is 1. The predicted octanol–water partition coefficient (Wildman–Crippen LogP) is 5.78. The first-order valence-corrected chi connectivity index (χ1v) is 16.2. The third-order valence-corrected chi connectivity index (χ3v) is 8.58. The van der Waals surface area contributed by atoms with Crippen molar-refractivity contribution in [2.45, 2.75) is 90.4 Å². The van der Waals surface area contributed by atoms with Crippen molar-refractivity contribution >= 4 is 12.0 Å². The summed E-state index contributed by atoms with van der Waals surface area (Å²) in [6.45, 7) is 10.0. The summed E-state index contributed by atoms with van der Waals surface area (Å²) in [5.74, 6) is -0.190. The summed E-state index contributed by atoms with van der Waals surface area (Å²) in [5.41, 5.74) is 4.17. The SMILES string of the molecule is CC1C(CN2CCCC2C(=O)OC(C)(C)C)OC(c2ccc(CNC(=O)NCc3ccccc3)cc2)OC1c1ccc(CO)cc1. The second-order valence-electron chi connectivity index (χ2n) is 13.3. The number of nitrogens with zero attached hydrogens (tertiary/aromatic N) is 1. The number of hydrogen-bond donors (Lipinski definition) is 3. The van der Waals surface area contributed by atoms with E-state index in [2.05, 4.69) is 22.5 Å². The highest BCUT2D eigenvalue weighted by atomic mass is 16.7. The largest absolute Gasteiger partial charge is 0.459 e. The molecule has 5 rings (SSSR count). The van der Waals surface area contributed by atoms with Crippen LogP contribution in [0.5, 0.6) is 0 Å². The predicted molar refractivity (Wildman–Crippen MR) is 175 cm³/mol. The lowest BCUT2D eigenvalue weighted by Crippen LogP contribution is -2.48. The summed E-state index contributed by atoms with van der Waals surface area (Å²) in [5, 5.41) is 15.4. The van der Waals surface area contributed by atoms with E-state index < -0.39 is 11.9 Å². The Labute approximate surface area is 272 Å². The van der Waals surface area contributed by atoms with Crippen molar-refractivity contribution in [1.82, 2.24) is 15.5 Å². The minimum atomic E-state index is -0.623. The first-order chi connectivity index (χ1) is 22.1. The second-order valence-corrected chi connectivity index (χ2v) is 13.3. The second kappa shape index (κ2) is 15.2. The number of carbonyl (C=O) groups excluding carboxylic acids is 2. The first-order valence-electron chi connectivity index (χ1n) is 16.2. The molecule has 2 aliphatic rings. The van der Waals surface area contributed by atoms with E-state index in [9.17, 15) is 14.7 Å². The molecule has 9 nitrogen and oxygen atoms in total. The molecule has 0 aromatic heterocycles. The summed E-state index contributed by atoms with van der Waals surface area (Å²) in [6.07, 6.45) is 0.605. The lowest BCUT2D eigenvalue weighted by atomic mass is 9.90. The van der Waals surface area contributed by atoms with Crippen molar-refractivity contribution in [3.63, 3.8) is 0 Å². The van der Waals surface area contributed by atoms with Gasteiger partial charge in [0.25, 0.3) is 0 Å². The van der Waals surface area contributed by atoms with Crippen molar-refractivity contribution < 1.29 is 28.9 Å². The average Bonchev–Trinajstić information content (AvgIpc) is 3.52. The maximum absolute atomic E-state index is 13.1. The van der Waals surface area contributed by atoms with Gasteiger partial charge in [0.2, 0.25) is 0 Å². The fraction of sp³-hybridized carbons (Fsp3) is 0.459. The first kappa shape index (κ1) is 33.6. The van der Waals surface area contributed by atoms with Gasteiger partial charge in [-0.05, 0) is 62.4 Å². The number of aliphatic hydroxyl groups excluding tert-OH is 1. The fourth-order valence-corrected chi connectivity index (χ4v) is 6.06. The molecule has 5 atom stereocenters. The summed E-state index contributed by atoms with van der Waals surface area (Å²) >= 11 is 0. The number of benzene rings is 3. The normalized spacial score (nSPS) is 23.5. The number of urea groups is 1. The Hall–Kier alpha value is -3.76. The van der Waals surface area contributed by atoms with Crippen LogP contribution >= 0.6 is 0 Å². The number of nitrogens with one attached hydrogen (secondary N) is 2. The van der Waals surface area contributed by atoms with E-state index in [-0.39, 0.29) is 42.8 Å². The van der Waals surface area contributed by atoms with Crippen LogP contribution in [0.3, 0.4) is 0 Å².